The largest absolute Gasteiger partial charge is 0.462 e. The molecular weight excluding hydrogens is 671 g/mol. The number of hydrogen-bond donors (Lipinski definition) is 2. The Labute approximate surface area is 316 Å². The van der Waals surface area contributed by atoms with Gasteiger partial charge in [0, 0.05) is 18.9 Å². The maximum atomic E-state index is 13.6. The summed E-state index contributed by atoms with van der Waals surface area (Å²) in [7, 11) is -4.18. The summed E-state index contributed by atoms with van der Waals surface area (Å²) in [6.45, 7) is 18.8. The van der Waals surface area contributed by atoms with Crippen LogP contribution in [0.25, 0.3) is 0 Å². The zero-order valence-electron chi connectivity index (χ0n) is 33.7. The van der Waals surface area contributed by atoms with Crippen LogP contribution in [-0.2, 0) is 29.9 Å². The van der Waals surface area contributed by atoms with Gasteiger partial charge in [0.2, 0.25) is 5.91 Å². The van der Waals surface area contributed by atoms with Gasteiger partial charge in [0.05, 0.1) is 12.2 Å². The molecule has 2 N–H and O–H groups in total. The third kappa shape index (κ3) is 9.65. The van der Waals surface area contributed by atoms with Crippen LogP contribution < -0.4 is 5.32 Å². The highest BCUT2D eigenvalue weighted by Crippen LogP contribution is 2.68. The number of esters is 1. The van der Waals surface area contributed by atoms with Crippen LogP contribution in [0.4, 0.5) is 0 Å². The van der Waals surface area contributed by atoms with Crippen LogP contribution in [0, 0.1) is 52.3 Å². The van der Waals surface area contributed by atoms with Crippen LogP contribution in [0.15, 0.2) is 24.3 Å². The molecule has 52 heavy (non-hydrogen) atoms. The Morgan fingerprint density at radius 2 is 1.58 bits per heavy atom. The van der Waals surface area contributed by atoms with Gasteiger partial charge in [0.25, 0.3) is 10.1 Å². The van der Waals surface area contributed by atoms with E-state index in [0.29, 0.717) is 16.7 Å². The maximum Gasteiger partial charge on any atom is 0.306 e. The number of carbonyl (C=O) groups is 2. The predicted molar refractivity (Wildman–Crippen MR) is 209 cm³/mol. The topological polar surface area (TPSA) is 110 Å². The molecule has 10 atom stereocenters. The van der Waals surface area contributed by atoms with Crippen molar-refractivity contribution in [1.82, 2.24) is 5.32 Å². The molecule has 1 amide bonds. The van der Waals surface area contributed by atoms with Gasteiger partial charge in [-0.05, 0) is 127 Å². The number of amides is 1. The quantitative estimate of drug-likeness (QED) is 0.145. The third-order valence-electron chi connectivity index (χ3n) is 14.9. The highest BCUT2D eigenvalue weighted by molar-refractivity contribution is 7.85. The summed E-state index contributed by atoms with van der Waals surface area (Å²) < 4.78 is 37.6. The average Bonchev–Trinajstić information content (AvgIpc) is 3.41. The molecule has 294 valence electrons. The van der Waals surface area contributed by atoms with Crippen LogP contribution in [-0.4, -0.2) is 43.2 Å². The van der Waals surface area contributed by atoms with E-state index in [9.17, 15) is 18.0 Å². The summed E-state index contributed by atoms with van der Waals surface area (Å²) in [4.78, 5) is 26.5. The van der Waals surface area contributed by atoms with E-state index in [0.717, 1.165) is 65.9 Å². The number of rotatable bonds is 14. The molecule has 0 bridgehead atoms. The lowest BCUT2D eigenvalue weighted by Gasteiger charge is -2.61. The fourth-order valence-electron chi connectivity index (χ4n) is 12.0. The Balaban J connectivity index is 1.19. The zero-order valence-corrected chi connectivity index (χ0v) is 34.5. The molecule has 1 aromatic rings. The molecule has 4 aliphatic rings. The first-order valence-electron chi connectivity index (χ1n) is 20.8. The molecule has 0 aromatic heterocycles. The Kier molecular flexibility index (Phi) is 13.0. The summed E-state index contributed by atoms with van der Waals surface area (Å²) in [6.07, 6.45) is 15.2. The second-order valence-corrected chi connectivity index (χ2v) is 21.3. The van der Waals surface area contributed by atoms with E-state index in [4.69, 9.17) is 9.29 Å². The lowest BCUT2D eigenvalue weighted by Crippen LogP contribution is -2.54. The van der Waals surface area contributed by atoms with Crippen molar-refractivity contribution in [1.29, 1.82) is 0 Å². The highest BCUT2D eigenvalue weighted by atomic mass is 32.2. The van der Waals surface area contributed by atoms with E-state index in [1.165, 1.54) is 57.8 Å². The molecule has 1 unspecified atom stereocenters. The van der Waals surface area contributed by atoms with Crippen molar-refractivity contribution >= 4 is 22.0 Å². The molecule has 5 rings (SSSR count). The van der Waals surface area contributed by atoms with E-state index in [-0.39, 0.29) is 42.8 Å². The van der Waals surface area contributed by atoms with Crippen molar-refractivity contribution in [3.8, 4) is 0 Å². The zero-order chi connectivity index (χ0) is 38.1. The van der Waals surface area contributed by atoms with Crippen LogP contribution in [0.2, 0.25) is 0 Å². The van der Waals surface area contributed by atoms with Crippen molar-refractivity contribution in [2.45, 2.75) is 163 Å². The molecule has 0 radical (unpaired) electrons. The summed E-state index contributed by atoms with van der Waals surface area (Å²) >= 11 is 0. The normalized spacial score (nSPS) is 33.0. The average molecular weight is 742 g/mol. The van der Waals surface area contributed by atoms with Crippen molar-refractivity contribution in [2.24, 2.45) is 52.3 Å². The Morgan fingerprint density at radius 1 is 0.904 bits per heavy atom. The molecule has 4 saturated carbocycles. The van der Waals surface area contributed by atoms with E-state index in [1.807, 2.05) is 12.1 Å². The van der Waals surface area contributed by atoms with Crippen LogP contribution >= 0.6 is 0 Å². The molecule has 4 fully saturated rings. The summed E-state index contributed by atoms with van der Waals surface area (Å²) in [6, 6.07) is 8.08. The van der Waals surface area contributed by atoms with Gasteiger partial charge in [-0.15, -0.1) is 0 Å². The molecule has 0 heterocycles. The minimum absolute atomic E-state index is 0.0293. The molecule has 0 spiro atoms. The van der Waals surface area contributed by atoms with E-state index in [2.05, 4.69) is 72.8 Å². The minimum Gasteiger partial charge on any atom is -0.462 e. The van der Waals surface area contributed by atoms with Gasteiger partial charge in [-0.2, -0.15) is 8.42 Å². The number of ether oxygens (including phenoxy) is 1. The predicted octanol–water partition coefficient (Wildman–Crippen LogP) is 9.88. The third-order valence-corrected chi connectivity index (χ3v) is 15.6. The standard InChI is InChI=1S/C44H71NO6S/c1-29(2)10-9-11-30(3)37-18-19-38-36-17-16-34-28-35(20-22-43(34,7)39(36)21-23-44(37,38)8)51-41(47)27-32(26-40(46)45-24-25-52(48,49)50)31-12-14-33(15-13-31)42(4,5)6/h12-15,29-30,32,34-39H,9-11,16-28H2,1-8H3,(H,45,46)(H,48,49,50)/t30-,32?,34+,35+,36+,37-,38+,39+,43+,44-/m1/s1. The molecule has 0 saturated heterocycles. The van der Waals surface area contributed by atoms with E-state index < -0.39 is 21.8 Å². The second-order valence-electron chi connectivity index (χ2n) is 19.7. The Bertz CT molecular complexity index is 1480. The molecule has 1 aromatic carbocycles. The number of nitrogens with one attached hydrogen (secondary N) is 1. The number of hydrogen-bond acceptors (Lipinski definition) is 5. The van der Waals surface area contributed by atoms with Crippen molar-refractivity contribution in [2.75, 3.05) is 12.3 Å². The van der Waals surface area contributed by atoms with E-state index in [1.54, 1.807) is 0 Å². The molecule has 8 heteroatoms. The SMILES string of the molecule is CC(C)CCC[C@@H](C)[C@H]1CC[C@H]2[C@@H]3CC[C@H]4C[C@@H](OC(=O)CC(CC(=O)NCCS(=O)(=O)O)c5ccc(C(C)(C)C)cc5)CC[C@]4(C)[C@H]3CC[C@]12C. The number of carbonyl (C=O) groups excluding carboxylic acids is 2. The molecular formula is C44H71NO6S. The van der Waals surface area contributed by atoms with Gasteiger partial charge in [-0.3, -0.25) is 14.1 Å². The van der Waals surface area contributed by atoms with Gasteiger partial charge in [0.15, 0.2) is 0 Å². The number of benzene rings is 1. The first-order valence-corrected chi connectivity index (χ1v) is 22.4. The second kappa shape index (κ2) is 16.4. The van der Waals surface area contributed by atoms with Gasteiger partial charge in [-0.25, -0.2) is 0 Å². The van der Waals surface area contributed by atoms with Crippen molar-refractivity contribution in [3.05, 3.63) is 35.4 Å². The first-order chi connectivity index (χ1) is 24.3. The van der Waals surface area contributed by atoms with Crippen molar-refractivity contribution in [3.63, 3.8) is 0 Å². The van der Waals surface area contributed by atoms with Crippen molar-refractivity contribution < 1.29 is 27.3 Å². The van der Waals surface area contributed by atoms with E-state index >= 15 is 0 Å². The fraction of sp³-hybridized carbons (Fsp3) is 0.818. The molecule has 0 aliphatic heterocycles. The van der Waals surface area contributed by atoms with Crippen LogP contribution in [0.5, 0.6) is 0 Å². The minimum atomic E-state index is -4.18. The maximum absolute atomic E-state index is 13.6. The fourth-order valence-corrected chi connectivity index (χ4v) is 12.3. The Morgan fingerprint density at radius 3 is 2.23 bits per heavy atom. The Hall–Kier alpha value is -1.93. The molecule has 4 aliphatic carbocycles. The summed E-state index contributed by atoms with van der Waals surface area (Å²) in [5, 5.41) is 2.59. The van der Waals surface area contributed by atoms with Crippen LogP contribution in [0.3, 0.4) is 0 Å². The van der Waals surface area contributed by atoms with Gasteiger partial charge >= 0.3 is 5.97 Å². The molecule has 7 nitrogen and oxygen atoms in total. The lowest BCUT2D eigenvalue weighted by molar-refractivity contribution is -0.163. The number of fused-ring (bicyclic) bond motifs is 5. The van der Waals surface area contributed by atoms with Crippen LogP contribution in [0.1, 0.15) is 162 Å². The monoisotopic (exact) mass is 742 g/mol. The van der Waals surface area contributed by atoms with Gasteiger partial charge in [0.1, 0.15) is 6.10 Å². The van der Waals surface area contributed by atoms with Gasteiger partial charge < -0.3 is 10.1 Å². The first kappa shape index (κ1) is 41.2. The summed E-state index contributed by atoms with van der Waals surface area (Å²) in [5.41, 5.74) is 2.82. The smallest absolute Gasteiger partial charge is 0.306 e. The summed E-state index contributed by atoms with van der Waals surface area (Å²) in [5.74, 6) is 3.95. The highest BCUT2D eigenvalue weighted by Gasteiger charge is 2.60. The lowest BCUT2D eigenvalue weighted by atomic mass is 9.44. The van der Waals surface area contributed by atoms with Gasteiger partial charge in [-0.1, -0.05) is 98.9 Å².